The fourth-order valence-corrected chi connectivity index (χ4v) is 8.05. The first kappa shape index (κ1) is 37.4. The van der Waals surface area contributed by atoms with Gasteiger partial charge in [0, 0.05) is 50.4 Å². The number of fused-ring (bicyclic) bond motifs is 2. The maximum absolute atomic E-state index is 15.5. The Hall–Kier alpha value is -6.54. The summed E-state index contributed by atoms with van der Waals surface area (Å²) in [6.07, 6.45) is 2.72. The lowest BCUT2D eigenvalue weighted by Gasteiger charge is -2.38. The summed E-state index contributed by atoms with van der Waals surface area (Å²) in [4.78, 5) is 82.8. The van der Waals surface area contributed by atoms with Crippen LogP contribution in [0, 0.1) is 23.1 Å². The number of imide groups is 2. The van der Waals surface area contributed by atoms with Crippen molar-refractivity contribution in [3.05, 3.63) is 99.1 Å². The molecule has 0 saturated carbocycles. The number of pyridine rings is 1. The number of amides is 5. The summed E-state index contributed by atoms with van der Waals surface area (Å²) in [6.45, 7) is 1.67. The zero-order valence-corrected chi connectivity index (χ0v) is 31.1. The second-order valence-corrected chi connectivity index (χ2v) is 14.6. The zero-order chi connectivity index (χ0) is 40.1. The van der Waals surface area contributed by atoms with Gasteiger partial charge in [-0.3, -0.25) is 34.2 Å². The molecule has 0 bridgehead atoms. The molecule has 0 aliphatic carbocycles. The summed E-state index contributed by atoms with van der Waals surface area (Å²) >= 11 is 6.25. The second-order valence-electron chi connectivity index (χ2n) is 14.2. The number of carbonyl (C=O) groups excluding carboxylic acids is 5. The van der Waals surface area contributed by atoms with E-state index in [1.807, 2.05) is 6.07 Å². The third kappa shape index (κ3) is 6.86. The Kier molecular flexibility index (Phi) is 9.74. The van der Waals surface area contributed by atoms with Gasteiger partial charge < -0.3 is 20.0 Å². The summed E-state index contributed by atoms with van der Waals surface area (Å²) in [6, 6.07) is 11.0. The molecule has 290 valence electrons. The molecule has 2 aromatic carbocycles. The van der Waals surface area contributed by atoms with Gasteiger partial charge in [-0.2, -0.15) is 9.65 Å². The molecular formula is C39H33ClF2N10O5. The lowest BCUT2D eigenvalue weighted by Crippen LogP contribution is -2.54. The van der Waals surface area contributed by atoms with E-state index in [-0.39, 0.29) is 47.1 Å². The Morgan fingerprint density at radius 3 is 2.42 bits per heavy atom. The number of anilines is 4. The van der Waals surface area contributed by atoms with Crippen LogP contribution in [0.5, 0.6) is 0 Å². The van der Waals surface area contributed by atoms with E-state index >= 15 is 8.78 Å². The fraction of sp³-hybridized carbons (Fsp3) is 0.308. The van der Waals surface area contributed by atoms with Crippen molar-refractivity contribution in [1.29, 1.82) is 5.26 Å². The third-order valence-corrected chi connectivity index (χ3v) is 11.3. The number of benzene rings is 2. The van der Waals surface area contributed by atoms with Crippen LogP contribution >= 0.6 is 11.6 Å². The highest BCUT2D eigenvalue weighted by atomic mass is 35.5. The molecule has 15 nitrogen and oxygen atoms in total. The highest BCUT2D eigenvalue weighted by Crippen LogP contribution is 2.35. The van der Waals surface area contributed by atoms with Gasteiger partial charge in [-0.25, -0.2) is 19.3 Å². The van der Waals surface area contributed by atoms with Crippen LogP contribution in [-0.2, 0) is 22.6 Å². The van der Waals surface area contributed by atoms with Crippen molar-refractivity contribution in [2.24, 2.45) is 0 Å². The Balaban J connectivity index is 0.897. The second kappa shape index (κ2) is 14.8. The van der Waals surface area contributed by atoms with E-state index in [1.54, 1.807) is 24.1 Å². The van der Waals surface area contributed by atoms with Gasteiger partial charge in [0.25, 0.3) is 17.7 Å². The van der Waals surface area contributed by atoms with Gasteiger partial charge in [0.1, 0.15) is 35.9 Å². The first-order chi connectivity index (χ1) is 27.4. The number of rotatable bonds is 7. The molecule has 18 heteroatoms. The molecule has 6 heterocycles. The van der Waals surface area contributed by atoms with Crippen LogP contribution < -0.4 is 20.4 Å². The minimum Gasteiger partial charge on any atom is -0.369 e. The highest BCUT2D eigenvalue weighted by Gasteiger charge is 2.45. The average molecular weight is 795 g/mol. The van der Waals surface area contributed by atoms with E-state index in [0.29, 0.717) is 61.8 Å². The lowest BCUT2D eigenvalue weighted by molar-refractivity contribution is -0.136. The first-order valence-electron chi connectivity index (χ1n) is 18.2. The van der Waals surface area contributed by atoms with E-state index in [2.05, 4.69) is 36.6 Å². The monoisotopic (exact) mass is 794 g/mol. The Labute approximate surface area is 329 Å². The van der Waals surface area contributed by atoms with Crippen molar-refractivity contribution in [2.45, 2.75) is 50.7 Å². The summed E-state index contributed by atoms with van der Waals surface area (Å²) in [5, 5.41) is 14.8. The van der Waals surface area contributed by atoms with Crippen LogP contribution in [0.15, 0.2) is 48.8 Å². The molecule has 4 aliphatic rings. The summed E-state index contributed by atoms with van der Waals surface area (Å²) in [5.74, 6) is -4.43. The quantitative estimate of drug-likeness (QED) is 0.202. The van der Waals surface area contributed by atoms with E-state index < -0.39 is 47.3 Å². The molecule has 1 atom stereocenters. The van der Waals surface area contributed by atoms with Gasteiger partial charge in [0.05, 0.1) is 45.2 Å². The lowest BCUT2D eigenvalue weighted by atomic mass is 10.0. The number of carbonyl (C=O) groups is 5. The van der Waals surface area contributed by atoms with Crippen LogP contribution in [-0.4, -0.2) is 93.1 Å². The third-order valence-electron chi connectivity index (χ3n) is 11.0. The molecule has 1 unspecified atom stereocenters. The molecule has 8 rings (SSSR count). The van der Waals surface area contributed by atoms with Crippen molar-refractivity contribution >= 4 is 64.1 Å². The normalized spacial score (nSPS) is 18.2. The van der Waals surface area contributed by atoms with Crippen LogP contribution in [0.2, 0.25) is 5.02 Å². The van der Waals surface area contributed by atoms with Gasteiger partial charge in [0.15, 0.2) is 0 Å². The highest BCUT2D eigenvalue weighted by molar-refractivity contribution is 6.32. The van der Waals surface area contributed by atoms with E-state index in [0.717, 1.165) is 27.9 Å². The molecule has 4 aromatic rings. The minimum atomic E-state index is -1.17. The number of nitrogens with zero attached hydrogens (tertiary/aromatic N) is 8. The number of piperidine rings is 2. The van der Waals surface area contributed by atoms with E-state index in [9.17, 15) is 29.2 Å². The summed E-state index contributed by atoms with van der Waals surface area (Å²) in [7, 11) is 1.57. The maximum atomic E-state index is 15.5. The SMILES string of the molecule is CN(C(=O)c1ccc(Nc2ncnc3c2CCN(c2ccc(C#N)c(Cl)c2)C3)nc1F)C1CCN(c2cc3c(cc2F)C(=O)N(C2CCC(=O)NC2=O)C3=O)CC1. The first-order valence-corrected chi connectivity index (χ1v) is 18.6. The van der Waals surface area contributed by atoms with Gasteiger partial charge in [-0.15, -0.1) is 0 Å². The van der Waals surface area contributed by atoms with Crippen LogP contribution in [0.25, 0.3) is 0 Å². The number of halogens is 3. The molecule has 0 spiro atoms. The van der Waals surface area contributed by atoms with Crippen LogP contribution in [0.4, 0.5) is 31.8 Å². The summed E-state index contributed by atoms with van der Waals surface area (Å²) < 4.78 is 30.9. The number of nitrogens with one attached hydrogen (secondary N) is 2. The fourth-order valence-electron chi connectivity index (χ4n) is 7.83. The number of aromatic nitrogens is 3. The Bertz CT molecular complexity index is 2430. The molecule has 57 heavy (non-hydrogen) atoms. The predicted molar refractivity (Wildman–Crippen MR) is 201 cm³/mol. The molecule has 4 aliphatic heterocycles. The van der Waals surface area contributed by atoms with Gasteiger partial charge in [-0.05, 0) is 68.1 Å². The number of nitriles is 1. The van der Waals surface area contributed by atoms with Gasteiger partial charge in [-0.1, -0.05) is 11.6 Å². The van der Waals surface area contributed by atoms with E-state index in [4.69, 9.17) is 11.6 Å². The predicted octanol–water partition coefficient (Wildman–Crippen LogP) is 4.12. The maximum Gasteiger partial charge on any atom is 0.262 e. The largest absolute Gasteiger partial charge is 0.369 e. The van der Waals surface area contributed by atoms with Crippen molar-refractivity contribution < 1.29 is 32.8 Å². The zero-order valence-electron chi connectivity index (χ0n) is 30.4. The number of hydrogen-bond acceptors (Lipinski definition) is 12. The van der Waals surface area contributed by atoms with Crippen molar-refractivity contribution in [1.82, 2.24) is 30.1 Å². The molecule has 2 saturated heterocycles. The molecular weight excluding hydrogens is 762 g/mol. The van der Waals surface area contributed by atoms with Crippen LogP contribution in [0.3, 0.4) is 0 Å². The smallest absolute Gasteiger partial charge is 0.262 e. The van der Waals surface area contributed by atoms with Crippen molar-refractivity contribution in [2.75, 3.05) is 41.8 Å². The van der Waals surface area contributed by atoms with Crippen molar-refractivity contribution in [3.8, 4) is 6.07 Å². The Morgan fingerprint density at radius 2 is 1.72 bits per heavy atom. The standard InChI is InChI=1S/C39H33ClF2N10O5/c1-49(21-8-11-50(12-9-21)31-16-26-25(15-28(31)41)38(56)52(39(26)57)30-5-7-33(53)48-36(30)54)37(55)24-4-6-32(46-34(24)42)47-35-23-10-13-51(18-29(23)44-19-45-35)22-3-2-20(17-43)27(40)14-22/h2-4,6,14-16,19,21,30H,5,7-13,18H2,1H3,(H,48,53,54)(H,44,45,46,47). The van der Waals surface area contributed by atoms with E-state index in [1.165, 1.54) is 29.4 Å². The van der Waals surface area contributed by atoms with Gasteiger partial charge in [0.2, 0.25) is 17.8 Å². The Morgan fingerprint density at radius 1 is 0.965 bits per heavy atom. The molecule has 0 radical (unpaired) electrons. The summed E-state index contributed by atoms with van der Waals surface area (Å²) in [5.41, 5.74) is 2.54. The molecule has 2 aromatic heterocycles. The van der Waals surface area contributed by atoms with Crippen LogP contribution in [0.1, 0.15) is 73.6 Å². The number of hydrogen-bond donors (Lipinski definition) is 2. The van der Waals surface area contributed by atoms with Crippen molar-refractivity contribution in [3.63, 3.8) is 0 Å². The van der Waals surface area contributed by atoms with Gasteiger partial charge >= 0.3 is 0 Å². The molecule has 2 fully saturated rings. The average Bonchev–Trinajstić information content (AvgIpc) is 3.44. The molecule has 5 amide bonds. The minimum absolute atomic E-state index is 0.0173. The molecule has 2 N–H and O–H groups in total. The topological polar surface area (TPSA) is 185 Å².